The van der Waals surface area contributed by atoms with E-state index in [1.807, 2.05) is 4.90 Å². The van der Waals surface area contributed by atoms with E-state index in [0.29, 0.717) is 31.9 Å². The van der Waals surface area contributed by atoms with Crippen molar-refractivity contribution in [3.63, 3.8) is 0 Å². The van der Waals surface area contributed by atoms with Crippen molar-refractivity contribution in [2.24, 2.45) is 23.7 Å². The number of hydrogen-bond acceptors (Lipinski definition) is 16. The number of nitrogens with one attached hydrogen (secondary N) is 2. The SMILES string of the molecule is CO[C@H]1/C=C\O[C@@]2(C)Oc3c(C)c(O)c4c(=O)c(c5oc6cc(N7CCNCC7)cc(=O)c6nc5c4c3=C2O)NC(=O)/C(C)=C/C=C/[C@H](C)[C@H](O)[C@@H](C)[C@@H](O)[C@@H](C)[C@H](OC(C)=O)[C@@H]1C. The number of aromatic hydroxyl groups is 1. The number of carbonyl (C=O) groups excluding carboxylic acids is 2. The number of carbonyl (C=O) groups is 2. The Morgan fingerprint density at radius 3 is 2.33 bits per heavy atom. The van der Waals surface area contributed by atoms with Gasteiger partial charge in [-0.2, -0.15) is 0 Å². The summed E-state index contributed by atoms with van der Waals surface area (Å²) in [6, 6.07) is 3.09. The first-order valence-corrected chi connectivity index (χ1v) is 21.4. The molecule has 1 fully saturated rings. The van der Waals surface area contributed by atoms with Crippen LogP contribution >= 0.6 is 0 Å². The number of piperazine rings is 1. The Bertz CT molecular complexity index is 2790. The summed E-state index contributed by atoms with van der Waals surface area (Å²) in [7, 11) is 1.44. The van der Waals surface area contributed by atoms with Gasteiger partial charge in [-0.25, -0.2) is 4.98 Å². The summed E-state index contributed by atoms with van der Waals surface area (Å²) < 4.78 is 30.4. The maximum absolute atomic E-state index is 14.8. The molecule has 3 aromatic carbocycles. The van der Waals surface area contributed by atoms with Gasteiger partial charge in [0, 0.05) is 105 Å². The van der Waals surface area contributed by atoms with Crippen molar-refractivity contribution in [2.45, 2.75) is 85.6 Å². The number of aliphatic hydroxyl groups is 3. The molecule has 0 unspecified atom stereocenters. The van der Waals surface area contributed by atoms with E-state index >= 15 is 0 Å². The Hall–Kier alpha value is -6.01. The second-order valence-corrected chi connectivity index (χ2v) is 17.3. The summed E-state index contributed by atoms with van der Waals surface area (Å²) in [5.41, 5.74) is -1.42. The van der Waals surface area contributed by atoms with Crippen molar-refractivity contribution in [3.8, 4) is 11.5 Å². The highest BCUT2D eigenvalue weighted by Crippen LogP contribution is 2.42. The molecule has 4 aromatic rings. The molecule has 342 valence electrons. The average Bonchev–Trinajstić information content (AvgIpc) is 3.54. The normalized spacial score (nSPS) is 30.2. The van der Waals surface area contributed by atoms with Crippen LogP contribution in [0.5, 0.6) is 11.5 Å². The highest BCUT2D eigenvalue weighted by Gasteiger charge is 2.44. The van der Waals surface area contributed by atoms with Crippen LogP contribution in [-0.2, 0) is 23.8 Å². The standard InChI is InChI=1S/C47H56N4O13/c1-21-11-10-12-22(2)46(59)50-37-41(57)33-32(36-44(37)63-31-20-28(19-29(53)35(31)49-36)51-16-14-48-15-17-51)34-43(26(6)40(33)56)64-47(8,45(34)58)61-18-13-30(60-9)23(3)42(62-27(7)52)25(5)39(55)24(4)38(21)54/h10-13,18-21,23-25,30,38-39,42,48,54-56,58H,14-17H2,1-9H3,(H,50,59)/b11-10+,18-13-,22-12+/t21-,23+,24+,25+,30-,38-,39+,42+,47-/m0/s1. The molecule has 17 nitrogen and oxygen atoms in total. The minimum absolute atomic E-state index is 0.0287. The number of methoxy groups -OCH3 is 1. The van der Waals surface area contributed by atoms with Crippen LogP contribution < -0.4 is 36.3 Å². The Kier molecular flexibility index (Phi) is 12.8. The van der Waals surface area contributed by atoms with Crippen molar-refractivity contribution >= 4 is 62.0 Å². The number of ether oxygens (including phenoxy) is 4. The van der Waals surface area contributed by atoms with Crippen LogP contribution in [0.4, 0.5) is 11.4 Å². The van der Waals surface area contributed by atoms with E-state index in [-0.39, 0.29) is 60.8 Å². The fraction of sp³-hybridized carbons (Fsp3) is 0.468. The molecule has 6 N–H and O–H groups in total. The van der Waals surface area contributed by atoms with Crippen LogP contribution in [-0.4, -0.2) is 101 Å². The van der Waals surface area contributed by atoms with Gasteiger partial charge in [-0.05, 0) is 19.9 Å². The first-order chi connectivity index (χ1) is 30.3. The van der Waals surface area contributed by atoms with Crippen LogP contribution in [0, 0.1) is 30.6 Å². The zero-order chi connectivity index (χ0) is 46.5. The lowest BCUT2D eigenvalue weighted by atomic mass is 9.78. The molecule has 1 amide bonds. The van der Waals surface area contributed by atoms with Gasteiger partial charge in [-0.3, -0.25) is 19.2 Å². The summed E-state index contributed by atoms with van der Waals surface area (Å²) >= 11 is 0. The van der Waals surface area contributed by atoms with Gasteiger partial charge in [-0.1, -0.05) is 45.9 Å². The van der Waals surface area contributed by atoms with Gasteiger partial charge >= 0.3 is 11.8 Å². The highest BCUT2D eigenvalue weighted by molar-refractivity contribution is 6.16. The number of aliphatic hydroxyl groups excluding tert-OH is 3. The Labute approximate surface area is 368 Å². The number of phenols is 1. The van der Waals surface area contributed by atoms with Gasteiger partial charge in [0.25, 0.3) is 5.91 Å². The zero-order valence-corrected chi connectivity index (χ0v) is 37.3. The summed E-state index contributed by atoms with van der Waals surface area (Å²) in [5, 5.41) is 52.3. The van der Waals surface area contributed by atoms with E-state index in [4.69, 9.17) is 28.3 Å². The maximum atomic E-state index is 14.8. The summed E-state index contributed by atoms with van der Waals surface area (Å²) in [6.45, 7) is 15.2. The van der Waals surface area contributed by atoms with E-state index in [9.17, 15) is 39.6 Å². The molecule has 4 heterocycles. The second kappa shape index (κ2) is 17.9. The monoisotopic (exact) mass is 884 g/mol. The van der Waals surface area contributed by atoms with E-state index in [0.717, 1.165) is 0 Å². The molecule has 4 bridgehead atoms. The smallest absolute Gasteiger partial charge is 0.307 e. The first kappa shape index (κ1) is 46.0. The Balaban J connectivity index is 1.49. The number of nitrogens with zero attached hydrogens (tertiary/aromatic N) is 2. The number of aromatic nitrogens is 1. The molecule has 3 aliphatic heterocycles. The Morgan fingerprint density at radius 2 is 1.66 bits per heavy atom. The number of hydrogen-bond donors (Lipinski definition) is 6. The molecule has 1 saturated heterocycles. The lowest BCUT2D eigenvalue weighted by Gasteiger charge is -2.38. The van der Waals surface area contributed by atoms with Gasteiger partial charge in [0.2, 0.25) is 10.9 Å². The predicted octanol–water partition coefficient (Wildman–Crippen LogP) is 3.97. The molecular weight excluding hydrogens is 829 g/mol. The molecule has 7 rings (SSSR count). The molecule has 1 aromatic heterocycles. The van der Waals surface area contributed by atoms with Crippen molar-refractivity contribution in [1.82, 2.24) is 10.3 Å². The van der Waals surface area contributed by atoms with Crippen LogP contribution in [0.15, 0.2) is 62.3 Å². The lowest BCUT2D eigenvalue weighted by molar-refractivity contribution is -0.160. The van der Waals surface area contributed by atoms with Gasteiger partial charge in [-0.15, -0.1) is 0 Å². The van der Waals surface area contributed by atoms with Crippen molar-refractivity contribution in [2.75, 3.05) is 43.5 Å². The minimum atomic E-state index is -1.98. The van der Waals surface area contributed by atoms with Crippen molar-refractivity contribution < 1.29 is 53.4 Å². The predicted molar refractivity (Wildman–Crippen MR) is 240 cm³/mol. The summed E-state index contributed by atoms with van der Waals surface area (Å²) in [5.74, 6) is -6.93. The molecule has 0 spiro atoms. The number of amides is 1. The molecular formula is C47H56N4O13. The number of allylic oxidation sites excluding steroid dienone is 2. The van der Waals surface area contributed by atoms with E-state index in [2.05, 4.69) is 10.6 Å². The molecule has 3 aliphatic rings. The number of benzene rings is 3. The van der Waals surface area contributed by atoms with Crippen molar-refractivity contribution in [1.29, 1.82) is 0 Å². The Morgan fingerprint density at radius 1 is 0.953 bits per heavy atom. The van der Waals surface area contributed by atoms with E-state index < -0.39 is 88.1 Å². The third-order valence-electron chi connectivity index (χ3n) is 12.9. The largest absolute Gasteiger partial charge is 0.507 e. The lowest BCUT2D eigenvalue weighted by Crippen LogP contribution is -2.46. The number of fused-ring (bicyclic) bond motifs is 2. The molecule has 0 saturated carbocycles. The molecule has 17 heteroatoms. The molecule has 0 aliphatic carbocycles. The fourth-order valence-corrected chi connectivity index (χ4v) is 8.98. The quantitative estimate of drug-likeness (QED) is 0.0970. The third-order valence-corrected chi connectivity index (χ3v) is 12.9. The van der Waals surface area contributed by atoms with E-state index in [1.54, 1.807) is 45.9 Å². The highest BCUT2D eigenvalue weighted by atomic mass is 16.7. The fourth-order valence-electron chi connectivity index (χ4n) is 8.98. The van der Waals surface area contributed by atoms with Crippen molar-refractivity contribution in [3.05, 3.63) is 79.5 Å². The van der Waals surface area contributed by atoms with E-state index in [1.165, 1.54) is 59.3 Å². The minimum Gasteiger partial charge on any atom is -0.507 e. The topological polar surface area (TPSA) is 239 Å². The molecule has 64 heavy (non-hydrogen) atoms. The van der Waals surface area contributed by atoms with Crippen LogP contribution in [0.1, 0.15) is 54.0 Å². The number of phenolic OH excluding ortho intramolecular Hbond substituents is 1. The number of esters is 1. The molecule has 9 atom stereocenters. The zero-order valence-electron chi connectivity index (χ0n) is 37.3. The van der Waals surface area contributed by atoms with Gasteiger partial charge < -0.3 is 59.3 Å². The van der Waals surface area contributed by atoms with Gasteiger partial charge in [0.1, 0.15) is 28.8 Å². The van der Waals surface area contributed by atoms with Crippen LogP contribution in [0.25, 0.3) is 38.7 Å². The third kappa shape index (κ3) is 8.17. The molecule has 0 radical (unpaired) electrons. The maximum Gasteiger partial charge on any atom is 0.307 e. The number of rotatable bonds is 3. The summed E-state index contributed by atoms with van der Waals surface area (Å²) in [4.78, 5) is 61.7. The van der Waals surface area contributed by atoms with Crippen LogP contribution in [0.3, 0.4) is 0 Å². The second-order valence-electron chi connectivity index (χ2n) is 17.3. The number of anilines is 2. The first-order valence-electron chi connectivity index (χ1n) is 21.4. The van der Waals surface area contributed by atoms with Crippen LogP contribution in [0.2, 0.25) is 0 Å². The van der Waals surface area contributed by atoms with Gasteiger partial charge in [0.15, 0.2) is 22.4 Å². The van der Waals surface area contributed by atoms with Gasteiger partial charge in [0.05, 0.1) is 35.2 Å². The average molecular weight is 885 g/mol. The summed E-state index contributed by atoms with van der Waals surface area (Å²) in [6.07, 6.45) is 3.55.